The van der Waals surface area contributed by atoms with Gasteiger partial charge in [-0.1, -0.05) is 12.8 Å². The van der Waals surface area contributed by atoms with Gasteiger partial charge >= 0.3 is 5.97 Å². The molecule has 2 aromatic rings. The lowest BCUT2D eigenvalue weighted by Crippen LogP contribution is -2.48. The zero-order chi connectivity index (χ0) is 17.9. The van der Waals surface area contributed by atoms with E-state index in [9.17, 15) is 14.0 Å². The summed E-state index contributed by atoms with van der Waals surface area (Å²) in [7, 11) is 0. The van der Waals surface area contributed by atoms with E-state index in [1.165, 1.54) is 18.4 Å². The van der Waals surface area contributed by atoms with Gasteiger partial charge in [0.25, 0.3) is 0 Å². The number of hydrogen-bond donors (Lipinski definition) is 2. The Hall–Kier alpha value is -2.70. The molecule has 0 aliphatic heterocycles. The van der Waals surface area contributed by atoms with Gasteiger partial charge < -0.3 is 14.8 Å². The molecule has 2 N–H and O–H groups in total. The number of carboxylic acid groups (broad SMARTS) is 1. The highest BCUT2D eigenvalue weighted by Gasteiger charge is 2.37. The van der Waals surface area contributed by atoms with Crippen molar-refractivity contribution >= 4 is 11.9 Å². The lowest BCUT2D eigenvalue weighted by Gasteiger charge is -2.28. The largest absolute Gasteiger partial charge is 0.481 e. The Morgan fingerprint density at radius 3 is 2.56 bits per heavy atom. The Kier molecular flexibility index (Phi) is 4.83. The van der Waals surface area contributed by atoms with Crippen molar-refractivity contribution in [3.8, 4) is 11.5 Å². The number of nitrogens with one attached hydrogen (secondary N) is 1. The van der Waals surface area contributed by atoms with Crippen LogP contribution < -0.4 is 5.32 Å². The maximum absolute atomic E-state index is 13.0. The van der Waals surface area contributed by atoms with Gasteiger partial charge in [0.05, 0.1) is 24.1 Å². The van der Waals surface area contributed by atoms with E-state index in [0.29, 0.717) is 30.0 Å². The molecule has 3 rings (SSSR count). The number of oxazole rings is 1. The summed E-state index contributed by atoms with van der Waals surface area (Å²) in [6.07, 6.45) is 4.48. The van der Waals surface area contributed by atoms with Gasteiger partial charge in [0.15, 0.2) is 0 Å². The van der Waals surface area contributed by atoms with E-state index in [0.717, 1.165) is 12.8 Å². The molecule has 1 amide bonds. The molecule has 7 heteroatoms. The van der Waals surface area contributed by atoms with E-state index in [-0.39, 0.29) is 24.6 Å². The number of aliphatic carboxylic acids is 1. The molecule has 0 saturated heterocycles. The van der Waals surface area contributed by atoms with Crippen LogP contribution in [0.15, 0.2) is 34.9 Å². The molecule has 0 radical (unpaired) electrons. The molecule has 1 aliphatic rings. The number of halogens is 1. The number of nitrogens with zero attached hydrogens (tertiary/aromatic N) is 1. The van der Waals surface area contributed by atoms with E-state index in [2.05, 4.69) is 10.3 Å². The predicted molar refractivity (Wildman–Crippen MR) is 87.2 cm³/mol. The van der Waals surface area contributed by atoms with Gasteiger partial charge in [-0.05, 0) is 37.1 Å². The molecule has 0 atom stereocenters. The molecular formula is C18H19FN2O4. The van der Waals surface area contributed by atoms with Crippen LogP contribution in [0.2, 0.25) is 0 Å². The van der Waals surface area contributed by atoms with Gasteiger partial charge in [-0.2, -0.15) is 0 Å². The highest BCUT2D eigenvalue weighted by atomic mass is 19.1. The Labute approximate surface area is 144 Å². The summed E-state index contributed by atoms with van der Waals surface area (Å²) in [5, 5.41) is 12.0. The minimum atomic E-state index is -0.915. The first-order chi connectivity index (χ1) is 12.0. The number of amides is 1. The summed E-state index contributed by atoms with van der Waals surface area (Å²) in [5.41, 5.74) is 0.401. The quantitative estimate of drug-likeness (QED) is 0.839. The molecule has 1 aliphatic carbocycles. The molecule has 0 bridgehead atoms. The van der Waals surface area contributed by atoms with Gasteiger partial charge in [0, 0.05) is 5.56 Å². The van der Waals surface area contributed by atoms with Crippen LogP contribution in [0, 0.1) is 5.82 Å². The van der Waals surface area contributed by atoms with Crippen LogP contribution in [-0.2, 0) is 16.0 Å². The van der Waals surface area contributed by atoms with Crippen molar-refractivity contribution in [2.75, 3.05) is 0 Å². The maximum atomic E-state index is 13.0. The normalized spacial score (nSPS) is 15.9. The SMILES string of the molecule is O=C(O)CC1(NC(=O)Cc2coc(-c3ccc(F)cc3)n2)CCCC1. The summed E-state index contributed by atoms with van der Waals surface area (Å²) in [4.78, 5) is 27.6. The van der Waals surface area contributed by atoms with E-state index < -0.39 is 11.5 Å². The predicted octanol–water partition coefficient (Wildman–Crippen LogP) is 2.93. The molecule has 25 heavy (non-hydrogen) atoms. The van der Waals surface area contributed by atoms with Crippen LogP contribution >= 0.6 is 0 Å². The number of carboxylic acids is 1. The fourth-order valence-corrected chi connectivity index (χ4v) is 3.30. The lowest BCUT2D eigenvalue weighted by molar-refractivity contribution is -0.139. The van der Waals surface area contributed by atoms with Gasteiger partial charge in [0.1, 0.15) is 12.1 Å². The zero-order valence-corrected chi connectivity index (χ0v) is 13.6. The average Bonchev–Trinajstić information content (AvgIpc) is 3.17. The first-order valence-corrected chi connectivity index (χ1v) is 8.19. The van der Waals surface area contributed by atoms with Gasteiger partial charge in [-0.3, -0.25) is 9.59 Å². The third kappa shape index (κ3) is 4.23. The molecule has 1 heterocycles. The van der Waals surface area contributed by atoms with Crippen LogP contribution in [-0.4, -0.2) is 27.5 Å². The first kappa shape index (κ1) is 17.1. The van der Waals surface area contributed by atoms with E-state index >= 15 is 0 Å². The second-order valence-electron chi connectivity index (χ2n) is 6.43. The van der Waals surface area contributed by atoms with Crippen molar-refractivity contribution in [1.82, 2.24) is 10.3 Å². The van der Waals surface area contributed by atoms with Crippen molar-refractivity contribution in [1.29, 1.82) is 0 Å². The second kappa shape index (κ2) is 7.04. The van der Waals surface area contributed by atoms with Crippen LogP contribution in [0.5, 0.6) is 0 Å². The molecule has 0 unspecified atom stereocenters. The lowest BCUT2D eigenvalue weighted by atomic mass is 9.93. The highest BCUT2D eigenvalue weighted by Crippen LogP contribution is 2.32. The number of carbonyl (C=O) groups is 2. The fourth-order valence-electron chi connectivity index (χ4n) is 3.30. The number of aromatic nitrogens is 1. The van der Waals surface area contributed by atoms with Crippen LogP contribution in [0.1, 0.15) is 37.8 Å². The number of hydrogen-bond acceptors (Lipinski definition) is 4. The Morgan fingerprint density at radius 2 is 1.92 bits per heavy atom. The number of carbonyl (C=O) groups excluding carboxylic acids is 1. The summed E-state index contributed by atoms with van der Waals surface area (Å²) >= 11 is 0. The molecule has 1 saturated carbocycles. The summed E-state index contributed by atoms with van der Waals surface area (Å²) in [6, 6.07) is 5.71. The molecule has 6 nitrogen and oxygen atoms in total. The van der Waals surface area contributed by atoms with Crippen molar-refractivity contribution in [3.63, 3.8) is 0 Å². The van der Waals surface area contributed by atoms with Crippen LogP contribution in [0.3, 0.4) is 0 Å². The van der Waals surface area contributed by atoms with E-state index in [4.69, 9.17) is 9.52 Å². The average molecular weight is 346 g/mol. The third-order valence-corrected chi connectivity index (χ3v) is 4.44. The second-order valence-corrected chi connectivity index (χ2v) is 6.43. The van der Waals surface area contributed by atoms with Gasteiger partial charge in [-0.25, -0.2) is 9.37 Å². The first-order valence-electron chi connectivity index (χ1n) is 8.19. The molecule has 1 fully saturated rings. The Bertz CT molecular complexity index is 764. The molecular weight excluding hydrogens is 327 g/mol. The van der Waals surface area contributed by atoms with Crippen molar-refractivity contribution in [2.45, 2.75) is 44.1 Å². The smallest absolute Gasteiger partial charge is 0.305 e. The van der Waals surface area contributed by atoms with Gasteiger partial charge in [0.2, 0.25) is 11.8 Å². The third-order valence-electron chi connectivity index (χ3n) is 4.44. The Morgan fingerprint density at radius 1 is 1.24 bits per heavy atom. The standard InChI is InChI=1S/C18H19FN2O4/c19-13-5-3-12(4-6-13)17-20-14(11-25-17)9-15(22)21-18(10-16(23)24)7-1-2-8-18/h3-6,11H,1-2,7-10H2,(H,21,22)(H,23,24). The molecule has 0 spiro atoms. The molecule has 132 valence electrons. The molecule has 1 aromatic heterocycles. The minimum Gasteiger partial charge on any atom is -0.481 e. The summed E-state index contributed by atoms with van der Waals surface area (Å²) < 4.78 is 18.3. The monoisotopic (exact) mass is 346 g/mol. The summed E-state index contributed by atoms with van der Waals surface area (Å²) in [6.45, 7) is 0. The van der Waals surface area contributed by atoms with Crippen molar-refractivity contribution < 1.29 is 23.5 Å². The van der Waals surface area contributed by atoms with Crippen molar-refractivity contribution in [3.05, 3.63) is 42.0 Å². The highest BCUT2D eigenvalue weighted by molar-refractivity contribution is 5.80. The fraction of sp³-hybridized carbons (Fsp3) is 0.389. The minimum absolute atomic E-state index is 0.00602. The van der Waals surface area contributed by atoms with Gasteiger partial charge in [-0.15, -0.1) is 0 Å². The van der Waals surface area contributed by atoms with E-state index in [1.54, 1.807) is 12.1 Å². The number of benzene rings is 1. The zero-order valence-electron chi connectivity index (χ0n) is 13.6. The van der Waals surface area contributed by atoms with Crippen molar-refractivity contribution in [2.24, 2.45) is 0 Å². The molecule has 1 aromatic carbocycles. The topological polar surface area (TPSA) is 92.4 Å². The van der Waals surface area contributed by atoms with Crippen LogP contribution in [0.25, 0.3) is 11.5 Å². The van der Waals surface area contributed by atoms with Crippen LogP contribution in [0.4, 0.5) is 4.39 Å². The van der Waals surface area contributed by atoms with E-state index in [1.807, 2.05) is 0 Å². The Balaban J connectivity index is 1.65. The maximum Gasteiger partial charge on any atom is 0.305 e. The summed E-state index contributed by atoms with van der Waals surface area (Å²) in [5.74, 6) is -1.23. The number of rotatable bonds is 6.